The van der Waals surface area contributed by atoms with Gasteiger partial charge in [-0.1, -0.05) is 53.3 Å². The minimum Gasteiger partial charge on any atom is -0.317 e. The minimum absolute atomic E-state index is 0.388. The van der Waals surface area contributed by atoms with Crippen LogP contribution in [0.25, 0.3) is 0 Å². The lowest BCUT2D eigenvalue weighted by Gasteiger charge is -2.10. The van der Waals surface area contributed by atoms with Gasteiger partial charge in [-0.15, -0.1) is 0 Å². The van der Waals surface area contributed by atoms with Crippen molar-refractivity contribution in [2.75, 3.05) is 13.1 Å². The standard InChI is InChI=1S/C12H15Cl4N/c1-2-17-6-4-3-5-8-9(13)7-10(14)12(16)11(8)15/h7,17H,2-6H2,1H3. The predicted molar refractivity (Wildman–Crippen MR) is 78.0 cm³/mol. The molecule has 0 aromatic heterocycles. The van der Waals surface area contributed by atoms with Crippen LogP contribution in [-0.2, 0) is 6.42 Å². The van der Waals surface area contributed by atoms with Crippen LogP contribution in [0.3, 0.4) is 0 Å². The molecule has 1 rings (SSSR count). The molecule has 1 N–H and O–H groups in total. The van der Waals surface area contributed by atoms with Crippen LogP contribution in [0, 0.1) is 0 Å². The lowest BCUT2D eigenvalue weighted by molar-refractivity contribution is 0.641. The maximum Gasteiger partial charge on any atom is 0.0782 e. The van der Waals surface area contributed by atoms with E-state index in [1.165, 1.54) is 0 Å². The van der Waals surface area contributed by atoms with Crippen molar-refractivity contribution >= 4 is 46.4 Å². The molecule has 0 bridgehead atoms. The van der Waals surface area contributed by atoms with Crippen LogP contribution in [-0.4, -0.2) is 13.1 Å². The first kappa shape index (κ1) is 15.4. The van der Waals surface area contributed by atoms with Gasteiger partial charge in [0.15, 0.2) is 0 Å². The molecule has 0 amide bonds. The quantitative estimate of drug-likeness (QED) is 0.430. The molecule has 0 aliphatic heterocycles. The monoisotopic (exact) mass is 313 g/mol. The third-order valence-electron chi connectivity index (χ3n) is 2.49. The highest BCUT2D eigenvalue weighted by atomic mass is 35.5. The van der Waals surface area contributed by atoms with Gasteiger partial charge in [-0.25, -0.2) is 0 Å². The van der Waals surface area contributed by atoms with Crippen LogP contribution in [0.2, 0.25) is 20.1 Å². The van der Waals surface area contributed by atoms with Crippen molar-refractivity contribution in [1.82, 2.24) is 5.32 Å². The average molecular weight is 315 g/mol. The Hall–Kier alpha value is 0.340. The van der Waals surface area contributed by atoms with Crippen molar-refractivity contribution in [3.05, 3.63) is 31.7 Å². The van der Waals surface area contributed by atoms with Crippen molar-refractivity contribution in [3.8, 4) is 0 Å². The smallest absolute Gasteiger partial charge is 0.0782 e. The number of unbranched alkanes of at least 4 members (excludes halogenated alkanes) is 1. The van der Waals surface area contributed by atoms with Gasteiger partial charge in [0, 0.05) is 5.02 Å². The maximum absolute atomic E-state index is 6.13. The van der Waals surface area contributed by atoms with E-state index >= 15 is 0 Å². The molecular weight excluding hydrogens is 300 g/mol. The zero-order chi connectivity index (χ0) is 12.8. The lowest BCUT2D eigenvalue weighted by atomic mass is 10.1. The Morgan fingerprint density at radius 1 is 1.00 bits per heavy atom. The first-order valence-electron chi connectivity index (χ1n) is 5.60. The topological polar surface area (TPSA) is 12.0 Å². The number of benzene rings is 1. The Balaban J connectivity index is 2.62. The van der Waals surface area contributed by atoms with E-state index in [-0.39, 0.29) is 0 Å². The van der Waals surface area contributed by atoms with Gasteiger partial charge in [0.25, 0.3) is 0 Å². The summed E-state index contributed by atoms with van der Waals surface area (Å²) in [4.78, 5) is 0. The molecule has 1 aromatic rings. The second-order valence-electron chi connectivity index (χ2n) is 3.76. The average Bonchev–Trinajstić information content (AvgIpc) is 2.30. The fraction of sp³-hybridized carbons (Fsp3) is 0.500. The zero-order valence-electron chi connectivity index (χ0n) is 9.62. The van der Waals surface area contributed by atoms with E-state index in [0.29, 0.717) is 20.1 Å². The Morgan fingerprint density at radius 3 is 2.35 bits per heavy atom. The van der Waals surface area contributed by atoms with Crippen molar-refractivity contribution in [3.63, 3.8) is 0 Å². The van der Waals surface area contributed by atoms with Gasteiger partial charge in [-0.2, -0.15) is 0 Å². The third-order valence-corrected chi connectivity index (χ3v) is 4.13. The van der Waals surface area contributed by atoms with Gasteiger partial charge in [0.1, 0.15) is 0 Å². The van der Waals surface area contributed by atoms with Crippen molar-refractivity contribution in [2.24, 2.45) is 0 Å². The highest BCUT2D eigenvalue weighted by molar-refractivity contribution is 6.49. The summed E-state index contributed by atoms with van der Waals surface area (Å²) in [5.41, 5.74) is 0.888. The van der Waals surface area contributed by atoms with Crippen LogP contribution in [0.4, 0.5) is 0 Å². The summed E-state index contributed by atoms with van der Waals surface area (Å²) >= 11 is 24.1. The van der Waals surface area contributed by atoms with Crippen molar-refractivity contribution < 1.29 is 0 Å². The number of hydrogen-bond donors (Lipinski definition) is 1. The predicted octanol–water partition coefficient (Wildman–Crippen LogP) is 5.23. The molecule has 96 valence electrons. The normalized spacial score (nSPS) is 10.9. The van der Waals surface area contributed by atoms with Crippen LogP contribution in [0.1, 0.15) is 25.3 Å². The molecule has 0 saturated carbocycles. The maximum atomic E-state index is 6.13. The third kappa shape index (κ3) is 4.50. The molecule has 0 aliphatic rings. The SMILES string of the molecule is CCNCCCCc1c(Cl)cc(Cl)c(Cl)c1Cl. The number of hydrogen-bond acceptors (Lipinski definition) is 1. The summed E-state index contributed by atoms with van der Waals surface area (Å²) in [6, 6.07) is 1.65. The zero-order valence-corrected chi connectivity index (χ0v) is 12.6. The molecule has 0 aliphatic carbocycles. The van der Waals surface area contributed by atoms with E-state index in [2.05, 4.69) is 12.2 Å². The van der Waals surface area contributed by atoms with Crippen LogP contribution >= 0.6 is 46.4 Å². The first-order valence-corrected chi connectivity index (χ1v) is 7.11. The minimum atomic E-state index is 0.388. The van der Waals surface area contributed by atoms with Crippen LogP contribution in [0.5, 0.6) is 0 Å². The van der Waals surface area contributed by atoms with Crippen molar-refractivity contribution in [1.29, 1.82) is 0 Å². The second-order valence-corrected chi connectivity index (χ2v) is 5.33. The summed E-state index contributed by atoms with van der Waals surface area (Å²) < 4.78 is 0. The largest absolute Gasteiger partial charge is 0.317 e. The van der Waals surface area contributed by atoms with Crippen molar-refractivity contribution in [2.45, 2.75) is 26.2 Å². The van der Waals surface area contributed by atoms with Gasteiger partial charge in [0.05, 0.1) is 15.1 Å². The second kappa shape index (κ2) is 7.70. The van der Waals surface area contributed by atoms with Gasteiger partial charge < -0.3 is 5.32 Å². The van der Waals surface area contributed by atoms with E-state index in [1.54, 1.807) is 6.07 Å². The lowest BCUT2D eigenvalue weighted by Crippen LogP contribution is -2.13. The van der Waals surface area contributed by atoms with E-state index in [1.807, 2.05) is 0 Å². The molecule has 0 spiro atoms. The Morgan fingerprint density at radius 2 is 1.71 bits per heavy atom. The molecule has 17 heavy (non-hydrogen) atoms. The number of nitrogens with one attached hydrogen (secondary N) is 1. The molecule has 0 fully saturated rings. The summed E-state index contributed by atoms with van der Waals surface area (Å²) in [7, 11) is 0. The van der Waals surface area contributed by atoms with Crippen LogP contribution in [0.15, 0.2) is 6.07 Å². The molecule has 0 saturated heterocycles. The van der Waals surface area contributed by atoms with Gasteiger partial charge in [0.2, 0.25) is 0 Å². The van der Waals surface area contributed by atoms with Gasteiger partial charge in [-0.05, 0) is 44.0 Å². The van der Waals surface area contributed by atoms with E-state index in [9.17, 15) is 0 Å². The fourth-order valence-corrected chi connectivity index (χ4v) is 2.68. The van der Waals surface area contributed by atoms with Crippen LogP contribution < -0.4 is 5.32 Å². The highest BCUT2D eigenvalue weighted by Gasteiger charge is 2.13. The molecule has 1 aromatic carbocycles. The Bertz CT molecular complexity index is 379. The summed E-state index contributed by atoms with van der Waals surface area (Å²) in [6.07, 6.45) is 2.92. The van der Waals surface area contributed by atoms with Gasteiger partial charge >= 0.3 is 0 Å². The number of halogens is 4. The molecule has 5 heteroatoms. The molecule has 1 nitrogen and oxygen atoms in total. The summed E-state index contributed by atoms with van der Waals surface area (Å²) in [6.45, 7) is 4.09. The first-order chi connectivity index (χ1) is 8.07. The molecule has 0 unspecified atom stereocenters. The molecule has 0 atom stereocenters. The van der Waals surface area contributed by atoms with Gasteiger partial charge in [-0.3, -0.25) is 0 Å². The highest BCUT2D eigenvalue weighted by Crippen LogP contribution is 2.38. The summed E-state index contributed by atoms with van der Waals surface area (Å²) in [5, 5.41) is 5.13. The Labute approximate surface area is 122 Å². The van der Waals surface area contributed by atoms with E-state index in [4.69, 9.17) is 46.4 Å². The van der Waals surface area contributed by atoms with E-state index < -0.39 is 0 Å². The Kier molecular flexibility index (Phi) is 6.98. The molecule has 0 radical (unpaired) electrons. The molecule has 0 heterocycles. The molecular formula is C12H15Cl4N. The summed E-state index contributed by atoms with van der Waals surface area (Å²) in [5.74, 6) is 0. The van der Waals surface area contributed by atoms with E-state index in [0.717, 1.165) is 37.9 Å². The fourth-order valence-electron chi connectivity index (χ4n) is 1.56. The number of rotatable bonds is 6.